The minimum atomic E-state index is -0.413. The van der Waals surface area contributed by atoms with E-state index in [0.29, 0.717) is 22.2 Å². The van der Waals surface area contributed by atoms with Gasteiger partial charge in [0.1, 0.15) is 5.82 Å². The largest absolute Gasteiger partial charge is 0.458 e. The SMILES string of the molecule is Cc1[nH]c(-c2ccc(Cl)cc2)nc1C(=O)OC(C)C. The first kappa shape index (κ1) is 13.6. The summed E-state index contributed by atoms with van der Waals surface area (Å²) in [6.45, 7) is 5.41. The first-order chi connectivity index (χ1) is 8.97. The lowest BCUT2D eigenvalue weighted by atomic mass is 10.2. The Morgan fingerprint density at radius 3 is 2.53 bits per heavy atom. The molecule has 0 aliphatic heterocycles. The number of benzene rings is 1. The summed E-state index contributed by atoms with van der Waals surface area (Å²) >= 11 is 5.84. The van der Waals surface area contributed by atoms with Gasteiger partial charge in [-0.3, -0.25) is 0 Å². The average molecular weight is 279 g/mol. The Morgan fingerprint density at radius 1 is 1.32 bits per heavy atom. The number of nitrogens with zero attached hydrogens (tertiary/aromatic N) is 1. The van der Waals surface area contributed by atoms with Gasteiger partial charge in [-0.1, -0.05) is 11.6 Å². The van der Waals surface area contributed by atoms with E-state index in [1.165, 1.54) is 0 Å². The molecule has 0 saturated carbocycles. The first-order valence-electron chi connectivity index (χ1n) is 6.01. The Kier molecular flexibility index (Phi) is 3.90. The third kappa shape index (κ3) is 3.15. The van der Waals surface area contributed by atoms with Crippen molar-refractivity contribution >= 4 is 17.6 Å². The van der Waals surface area contributed by atoms with Gasteiger partial charge in [0.05, 0.1) is 6.10 Å². The van der Waals surface area contributed by atoms with Gasteiger partial charge in [0.25, 0.3) is 0 Å². The minimum Gasteiger partial charge on any atom is -0.458 e. The number of esters is 1. The van der Waals surface area contributed by atoms with Crippen molar-refractivity contribution in [3.05, 3.63) is 40.7 Å². The molecule has 1 N–H and O–H groups in total. The van der Waals surface area contributed by atoms with Gasteiger partial charge in [-0.25, -0.2) is 9.78 Å². The first-order valence-corrected chi connectivity index (χ1v) is 6.38. The number of rotatable bonds is 3. The highest BCUT2D eigenvalue weighted by molar-refractivity contribution is 6.30. The van der Waals surface area contributed by atoms with Crippen molar-refractivity contribution in [1.82, 2.24) is 9.97 Å². The lowest BCUT2D eigenvalue weighted by molar-refractivity contribution is 0.0370. The zero-order chi connectivity index (χ0) is 14.0. The van der Waals surface area contributed by atoms with Crippen LogP contribution in [-0.4, -0.2) is 22.0 Å². The number of halogens is 1. The number of ether oxygens (including phenoxy) is 1. The summed E-state index contributed by atoms with van der Waals surface area (Å²) in [4.78, 5) is 19.2. The molecule has 0 spiro atoms. The molecule has 100 valence electrons. The molecule has 0 amide bonds. The molecule has 0 aliphatic rings. The van der Waals surface area contributed by atoms with E-state index in [1.54, 1.807) is 32.9 Å². The third-order valence-corrected chi connectivity index (χ3v) is 2.79. The zero-order valence-electron chi connectivity index (χ0n) is 11.0. The number of hydrogen-bond donors (Lipinski definition) is 1. The lowest BCUT2D eigenvalue weighted by Crippen LogP contribution is -2.13. The van der Waals surface area contributed by atoms with Gasteiger partial charge in [0, 0.05) is 16.3 Å². The maximum Gasteiger partial charge on any atom is 0.359 e. The topological polar surface area (TPSA) is 55.0 Å². The summed E-state index contributed by atoms with van der Waals surface area (Å²) in [7, 11) is 0. The van der Waals surface area contributed by atoms with E-state index in [-0.39, 0.29) is 6.10 Å². The van der Waals surface area contributed by atoms with Gasteiger partial charge in [0.2, 0.25) is 0 Å². The molecule has 0 aliphatic carbocycles. The van der Waals surface area contributed by atoms with Crippen LogP contribution in [0.25, 0.3) is 11.4 Å². The Morgan fingerprint density at radius 2 is 1.95 bits per heavy atom. The van der Waals surface area contributed by atoms with E-state index in [2.05, 4.69) is 9.97 Å². The molecular weight excluding hydrogens is 264 g/mol. The number of nitrogens with one attached hydrogen (secondary N) is 1. The van der Waals surface area contributed by atoms with E-state index in [0.717, 1.165) is 5.56 Å². The van der Waals surface area contributed by atoms with Crippen molar-refractivity contribution < 1.29 is 9.53 Å². The fourth-order valence-corrected chi connectivity index (χ4v) is 1.80. The maximum atomic E-state index is 11.8. The summed E-state index contributed by atoms with van der Waals surface area (Å²) in [6.07, 6.45) is -0.164. The van der Waals surface area contributed by atoms with Gasteiger partial charge >= 0.3 is 5.97 Å². The van der Waals surface area contributed by atoms with E-state index in [1.807, 2.05) is 12.1 Å². The summed E-state index contributed by atoms with van der Waals surface area (Å²) < 4.78 is 5.14. The van der Waals surface area contributed by atoms with Crippen LogP contribution in [0.2, 0.25) is 5.02 Å². The second kappa shape index (κ2) is 5.45. The molecule has 1 heterocycles. The zero-order valence-corrected chi connectivity index (χ0v) is 11.8. The van der Waals surface area contributed by atoms with Crippen molar-refractivity contribution in [1.29, 1.82) is 0 Å². The van der Waals surface area contributed by atoms with Crippen LogP contribution in [0.1, 0.15) is 30.0 Å². The minimum absolute atomic E-state index is 0.164. The van der Waals surface area contributed by atoms with Crippen molar-refractivity contribution in [3.8, 4) is 11.4 Å². The summed E-state index contributed by atoms with van der Waals surface area (Å²) in [5, 5.41) is 0.659. The number of carbonyl (C=O) groups excluding carboxylic acids is 1. The third-order valence-electron chi connectivity index (χ3n) is 2.54. The highest BCUT2D eigenvalue weighted by Crippen LogP contribution is 2.20. The van der Waals surface area contributed by atoms with Crippen molar-refractivity contribution in [3.63, 3.8) is 0 Å². The standard InChI is InChI=1S/C14H15ClN2O2/c1-8(2)19-14(18)12-9(3)16-13(17-12)10-4-6-11(15)7-5-10/h4-8H,1-3H3,(H,16,17). The number of imidazole rings is 1. The van der Waals surface area contributed by atoms with Gasteiger partial charge in [-0.2, -0.15) is 0 Å². The highest BCUT2D eigenvalue weighted by atomic mass is 35.5. The van der Waals surface area contributed by atoms with Crippen LogP contribution in [0.3, 0.4) is 0 Å². The number of carbonyl (C=O) groups is 1. The summed E-state index contributed by atoms with van der Waals surface area (Å²) in [5.41, 5.74) is 1.88. The molecule has 0 radical (unpaired) electrons. The normalized spacial score (nSPS) is 10.8. The molecule has 0 atom stereocenters. The van der Waals surface area contributed by atoms with E-state index in [4.69, 9.17) is 16.3 Å². The van der Waals surface area contributed by atoms with Crippen LogP contribution in [0.15, 0.2) is 24.3 Å². The van der Waals surface area contributed by atoms with Crippen LogP contribution < -0.4 is 0 Å². The van der Waals surface area contributed by atoms with Gasteiger partial charge in [-0.15, -0.1) is 0 Å². The Labute approximate surface area is 116 Å². The van der Waals surface area contributed by atoms with E-state index < -0.39 is 5.97 Å². The summed E-state index contributed by atoms with van der Waals surface area (Å²) in [5.74, 6) is 0.217. The molecule has 4 nitrogen and oxygen atoms in total. The maximum absolute atomic E-state index is 11.8. The molecule has 0 saturated heterocycles. The van der Waals surface area contributed by atoms with Crippen LogP contribution in [0.4, 0.5) is 0 Å². The fraction of sp³-hybridized carbons (Fsp3) is 0.286. The molecular formula is C14H15ClN2O2. The summed E-state index contributed by atoms with van der Waals surface area (Å²) in [6, 6.07) is 7.25. The van der Waals surface area contributed by atoms with Gasteiger partial charge < -0.3 is 9.72 Å². The Balaban J connectivity index is 2.30. The van der Waals surface area contributed by atoms with Crippen LogP contribution in [0, 0.1) is 6.92 Å². The molecule has 1 aromatic heterocycles. The number of H-pyrrole nitrogens is 1. The molecule has 0 unspecified atom stereocenters. The molecule has 1 aromatic carbocycles. The molecule has 2 aromatic rings. The van der Waals surface area contributed by atoms with Crippen molar-refractivity contribution in [2.24, 2.45) is 0 Å². The van der Waals surface area contributed by atoms with Crippen LogP contribution in [0.5, 0.6) is 0 Å². The Bertz CT molecular complexity index is 588. The second-order valence-corrected chi connectivity index (χ2v) is 4.96. The lowest BCUT2D eigenvalue weighted by Gasteiger charge is -2.05. The Hall–Kier alpha value is -1.81. The van der Waals surface area contributed by atoms with Gasteiger partial charge in [-0.05, 0) is 45.0 Å². The number of aromatic amines is 1. The highest BCUT2D eigenvalue weighted by Gasteiger charge is 2.17. The fourth-order valence-electron chi connectivity index (χ4n) is 1.67. The molecule has 2 rings (SSSR count). The molecule has 5 heteroatoms. The number of aryl methyl sites for hydroxylation is 1. The predicted octanol–water partition coefficient (Wildman–Crippen LogP) is 3.60. The van der Waals surface area contributed by atoms with Crippen molar-refractivity contribution in [2.75, 3.05) is 0 Å². The van der Waals surface area contributed by atoms with Crippen LogP contribution in [-0.2, 0) is 4.74 Å². The van der Waals surface area contributed by atoms with E-state index in [9.17, 15) is 4.79 Å². The van der Waals surface area contributed by atoms with Gasteiger partial charge in [0.15, 0.2) is 5.69 Å². The van der Waals surface area contributed by atoms with Crippen LogP contribution >= 0.6 is 11.6 Å². The average Bonchev–Trinajstić information content (AvgIpc) is 2.71. The molecule has 19 heavy (non-hydrogen) atoms. The predicted molar refractivity (Wildman–Crippen MR) is 74.3 cm³/mol. The monoisotopic (exact) mass is 278 g/mol. The molecule has 0 bridgehead atoms. The molecule has 0 fully saturated rings. The number of hydrogen-bond acceptors (Lipinski definition) is 3. The smallest absolute Gasteiger partial charge is 0.359 e. The second-order valence-electron chi connectivity index (χ2n) is 4.52. The van der Waals surface area contributed by atoms with E-state index >= 15 is 0 Å². The number of aromatic nitrogens is 2. The van der Waals surface area contributed by atoms with Crippen molar-refractivity contribution in [2.45, 2.75) is 26.9 Å². The quantitative estimate of drug-likeness (QED) is 0.873.